The molecule has 0 saturated carbocycles. The van der Waals surface area contributed by atoms with Crippen LogP contribution in [0.2, 0.25) is 0 Å². The lowest BCUT2D eigenvalue weighted by Gasteiger charge is -2.07. The van der Waals surface area contributed by atoms with Crippen LogP contribution in [-0.2, 0) is 0 Å². The summed E-state index contributed by atoms with van der Waals surface area (Å²) in [7, 11) is 0. The molecule has 3 N–H and O–H groups in total. The Hall–Kier alpha value is -0.710. The molecular formula is C9H12O3S. The molecule has 1 rings (SSSR count). The highest BCUT2D eigenvalue weighted by Crippen LogP contribution is 2.27. The number of phenols is 1. The Labute approximate surface area is 81.0 Å². The molecule has 0 spiro atoms. The number of thioether (sulfide) groups is 1. The molecule has 0 saturated heterocycles. The normalized spacial score (nSPS) is 12.8. The second-order valence-corrected chi connectivity index (χ2v) is 3.68. The van der Waals surface area contributed by atoms with E-state index in [0.29, 0.717) is 5.75 Å². The van der Waals surface area contributed by atoms with Gasteiger partial charge in [0.2, 0.25) is 0 Å². The SMILES string of the molecule is OCC(O)CSc1ccccc1O. The molecule has 0 aliphatic heterocycles. The van der Waals surface area contributed by atoms with Crippen molar-refractivity contribution in [3.63, 3.8) is 0 Å². The van der Waals surface area contributed by atoms with Crippen LogP contribution in [0.15, 0.2) is 29.2 Å². The van der Waals surface area contributed by atoms with E-state index in [1.807, 2.05) is 6.07 Å². The molecule has 0 heterocycles. The number of aliphatic hydroxyl groups is 2. The van der Waals surface area contributed by atoms with Gasteiger partial charge in [-0.05, 0) is 12.1 Å². The molecule has 1 aromatic rings. The van der Waals surface area contributed by atoms with Gasteiger partial charge in [0.15, 0.2) is 0 Å². The third kappa shape index (κ3) is 3.26. The maximum absolute atomic E-state index is 9.33. The molecule has 1 unspecified atom stereocenters. The van der Waals surface area contributed by atoms with Crippen molar-refractivity contribution in [2.45, 2.75) is 11.0 Å². The van der Waals surface area contributed by atoms with Crippen molar-refractivity contribution < 1.29 is 15.3 Å². The van der Waals surface area contributed by atoms with Gasteiger partial charge in [-0.3, -0.25) is 0 Å². The van der Waals surface area contributed by atoms with Crippen molar-refractivity contribution in [3.8, 4) is 5.75 Å². The number of hydrogen-bond acceptors (Lipinski definition) is 4. The monoisotopic (exact) mass is 200 g/mol. The predicted molar refractivity (Wildman–Crippen MR) is 51.9 cm³/mol. The zero-order valence-corrected chi connectivity index (χ0v) is 7.87. The van der Waals surface area contributed by atoms with Crippen LogP contribution in [0, 0.1) is 0 Å². The van der Waals surface area contributed by atoms with E-state index in [1.165, 1.54) is 11.8 Å². The third-order valence-electron chi connectivity index (χ3n) is 1.51. The summed E-state index contributed by atoms with van der Waals surface area (Å²) in [6, 6.07) is 6.91. The topological polar surface area (TPSA) is 60.7 Å². The van der Waals surface area contributed by atoms with E-state index in [-0.39, 0.29) is 12.4 Å². The molecule has 1 atom stereocenters. The second-order valence-electron chi connectivity index (χ2n) is 2.62. The highest BCUT2D eigenvalue weighted by Gasteiger charge is 2.05. The van der Waals surface area contributed by atoms with E-state index in [9.17, 15) is 5.11 Å². The number of benzene rings is 1. The van der Waals surface area contributed by atoms with Gasteiger partial charge in [0, 0.05) is 10.6 Å². The molecule has 4 heteroatoms. The highest BCUT2D eigenvalue weighted by atomic mass is 32.2. The van der Waals surface area contributed by atoms with E-state index >= 15 is 0 Å². The number of phenolic OH excluding ortho intramolecular Hbond substituents is 1. The van der Waals surface area contributed by atoms with Gasteiger partial charge in [-0.15, -0.1) is 11.8 Å². The summed E-state index contributed by atoms with van der Waals surface area (Å²) in [5, 5.41) is 26.9. The summed E-state index contributed by atoms with van der Waals surface area (Å²) in [5.41, 5.74) is 0. The maximum Gasteiger partial charge on any atom is 0.129 e. The van der Waals surface area contributed by atoms with E-state index in [2.05, 4.69) is 0 Å². The number of rotatable bonds is 4. The lowest BCUT2D eigenvalue weighted by atomic mass is 10.3. The van der Waals surface area contributed by atoms with Crippen LogP contribution in [0.3, 0.4) is 0 Å². The minimum absolute atomic E-state index is 0.206. The molecule has 1 aromatic carbocycles. The summed E-state index contributed by atoms with van der Waals surface area (Å²) in [4.78, 5) is 0.718. The second kappa shape index (κ2) is 5.11. The van der Waals surface area contributed by atoms with Gasteiger partial charge in [0.25, 0.3) is 0 Å². The molecule has 0 bridgehead atoms. The molecule has 0 amide bonds. The molecule has 13 heavy (non-hydrogen) atoms. The average Bonchev–Trinajstić information content (AvgIpc) is 2.16. The Balaban J connectivity index is 2.50. The lowest BCUT2D eigenvalue weighted by Crippen LogP contribution is -2.14. The van der Waals surface area contributed by atoms with Gasteiger partial charge in [0.05, 0.1) is 12.7 Å². The minimum Gasteiger partial charge on any atom is -0.507 e. The maximum atomic E-state index is 9.33. The molecular weight excluding hydrogens is 188 g/mol. The largest absolute Gasteiger partial charge is 0.507 e. The number of aromatic hydroxyl groups is 1. The number of hydrogen-bond donors (Lipinski definition) is 3. The van der Waals surface area contributed by atoms with E-state index in [4.69, 9.17) is 10.2 Å². The predicted octanol–water partition coefficient (Wildman–Crippen LogP) is 0.837. The molecule has 0 aliphatic carbocycles. The van der Waals surface area contributed by atoms with Crippen molar-refractivity contribution in [2.24, 2.45) is 0 Å². The first-order chi connectivity index (χ1) is 6.24. The van der Waals surface area contributed by atoms with Crippen molar-refractivity contribution in [3.05, 3.63) is 24.3 Å². The standard InChI is InChI=1S/C9H12O3S/c10-5-7(11)6-13-9-4-2-1-3-8(9)12/h1-4,7,10-12H,5-6H2. The van der Waals surface area contributed by atoms with Crippen LogP contribution >= 0.6 is 11.8 Å². The van der Waals surface area contributed by atoms with Gasteiger partial charge in [-0.2, -0.15) is 0 Å². The van der Waals surface area contributed by atoms with Crippen LogP contribution in [0.1, 0.15) is 0 Å². The fraction of sp³-hybridized carbons (Fsp3) is 0.333. The van der Waals surface area contributed by atoms with Crippen LogP contribution in [-0.4, -0.2) is 33.8 Å². The summed E-state index contributed by atoms with van der Waals surface area (Å²) in [5.74, 6) is 0.589. The summed E-state index contributed by atoms with van der Waals surface area (Å²) in [6.07, 6.45) is -0.732. The Bertz CT molecular complexity index is 265. The van der Waals surface area contributed by atoms with Crippen LogP contribution in [0.5, 0.6) is 5.75 Å². The Morgan fingerprint density at radius 1 is 1.31 bits per heavy atom. The van der Waals surface area contributed by atoms with Gasteiger partial charge < -0.3 is 15.3 Å². The first-order valence-electron chi connectivity index (χ1n) is 3.93. The summed E-state index contributed by atoms with van der Waals surface area (Å²) in [6.45, 7) is -0.249. The van der Waals surface area contributed by atoms with Crippen LogP contribution < -0.4 is 0 Å². The molecule has 72 valence electrons. The zero-order chi connectivity index (χ0) is 9.68. The van der Waals surface area contributed by atoms with Crippen molar-refractivity contribution in [2.75, 3.05) is 12.4 Å². The molecule has 0 radical (unpaired) electrons. The number of para-hydroxylation sites is 1. The average molecular weight is 200 g/mol. The minimum atomic E-state index is -0.732. The summed E-state index contributed by atoms with van der Waals surface area (Å²) >= 11 is 1.32. The van der Waals surface area contributed by atoms with Crippen molar-refractivity contribution >= 4 is 11.8 Å². The molecule has 0 aromatic heterocycles. The van der Waals surface area contributed by atoms with Crippen LogP contribution in [0.4, 0.5) is 0 Å². The van der Waals surface area contributed by atoms with Crippen molar-refractivity contribution in [1.82, 2.24) is 0 Å². The molecule has 3 nitrogen and oxygen atoms in total. The molecule has 0 aliphatic rings. The smallest absolute Gasteiger partial charge is 0.129 e. The number of aliphatic hydroxyl groups excluding tert-OH is 2. The van der Waals surface area contributed by atoms with Gasteiger partial charge in [0.1, 0.15) is 5.75 Å². The van der Waals surface area contributed by atoms with Gasteiger partial charge in [-0.25, -0.2) is 0 Å². The highest BCUT2D eigenvalue weighted by molar-refractivity contribution is 7.99. The van der Waals surface area contributed by atoms with Gasteiger partial charge >= 0.3 is 0 Å². The summed E-state index contributed by atoms with van der Waals surface area (Å²) < 4.78 is 0. The zero-order valence-electron chi connectivity index (χ0n) is 7.05. The molecule has 0 fully saturated rings. The quantitative estimate of drug-likeness (QED) is 0.630. The van der Waals surface area contributed by atoms with Crippen LogP contribution in [0.25, 0.3) is 0 Å². The first kappa shape index (κ1) is 10.4. The Morgan fingerprint density at radius 2 is 2.00 bits per heavy atom. The van der Waals surface area contributed by atoms with E-state index in [1.54, 1.807) is 18.2 Å². The lowest BCUT2D eigenvalue weighted by molar-refractivity contribution is 0.113. The Morgan fingerprint density at radius 3 is 2.62 bits per heavy atom. The first-order valence-corrected chi connectivity index (χ1v) is 4.92. The fourth-order valence-electron chi connectivity index (χ4n) is 0.818. The fourth-order valence-corrected chi connectivity index (χ4v) is 1.69. The van der Waals surface area contributed by atoms with E-state index in [0.717, 1.165) is 4.90 Å². The Kier molecular flexibility index (Phi) is 4.08. The van der Waals surface area contributed by atoms with E-state index < -0.39 is 6.10 Å². The van der Waals surface area contributed by atoms with Crippen molar-refractivity contribution in [1.29, 1.82) is 0 Å². The third-order valence-corrected chi connectivity index (χ3v) is 2.71. The van der Waals surface area contributed by atoms with Gasteiger partial charge in [-0.1, -0.05) is 12.1 Å².